The van der Waals surface area contributed by atoms with Crippen LogP contribution < -0.4 is 0 Å². The van der Waals surface area contributed by atoms with Gasteiger partial charge < -0.3 is 47.1 Å². The predicted molar refractivity (Wildman–Crippen MR) is 182 cm³/mol. The van der Waals surface area contributed by atoms with E-state index in [1.165, 1.54) is 20.8 Å². The molecule has 0 aliphatic carbocycles. The molecule has 2 saturated heterocycles. The Morgan fingerprint density at radius 3 is 1.53 bits per heavy atom. The first kappa shape index (κ1) is 44.4. The molecular weight excluding hydrogens is 713 g/mol. The maximum atomic E-state index is 12.8. The van der Waals surface area contributed by atoms with Crippen LogP contribution in [0.2, 0.25) is 18.1 Å². The van der Waals surface area contributed by atoms with Crippen molar-refractivity contribution in [2.45, 2.75) is 160 Å². The van der Waals surface area contributed by atoms with Crippen molar-refractivity contribution in [3.05, 3.63) is 0 Å². The minimum Gasteiger partial charge on any atom is -0.463 e. The Bertz CT molecular complexity index is 1250. The minimum absolute atomic E-state index is 0.298. The van der Waals surface area contributed by atoms with Crippen molar-refractivity contribution in [3.63, 3.8) is 0 Å². The van der Waals surface area contributed by atoms with Gasteiger partial charge in [-0.1, -0.05) is 20.8 Å². The van der Waals surface area contributed by atoms with Gasteiger partial charge in [0.1, 0.15) is 43.1 Å². The van der Waals surface area contributed by atoms with Crippen molar-refractivity contribution < 1.29 is 75.8 Å². The van der Waals surface area contributed by atoms with Crippen LogP contribution in [0.5, 0.6) is 0 Å². The van der Waals surface area contributed by atoms with Crippen LogP contribution in [-0.2, 0) is 75.8 Å². The van der Waals surface area contributed by atoms with E-state index in [-0.39, 0.29) is 17.7 Å². The first-order valence-corrected chi connectivity index (χ1v) is 20.5. The molecule has 10 atom stereocenters. The van der Waals surface area contributed by atoms with E-state index >= 15 is 0 Å². The van der Waals surface area contributed by atoms with E-state index in [0.717, 1.165) is 32.5 Å². The molecule has 0 aromatic rings. The molecular formula is C33H54O16SSi. The van der Waals surface area contributed by atoms with Crippen molar-refractivity contribution in [2.75, 3.05) is 13.2 Å². The van der Waals surface area contributed by atoms with Gasteiger partial charge in [0.15, 0.2) is 32.9 Å². The summed E-state index contributed by atoms with van der Waals surface area (Å²) >= 11 is 0.964. The van der Waals surface area contributed by atoms with E-state index < -0.39 is 110 Å². The normalized spacial score (nSPS) is 29.8. The van der Waals surface area contributed by atoms with Crippen molar-refractivity contribution >= 4 is 55.9 Å². The third-order valence-corrected chi connectivity index (χ3v) is 14.2. The van der Waals surface area contributed by atoms with Gasteiger partial charge >= 0.3 is 35.8 Å². The van der Waals surface area contributed by atoms with Crippen LogP contribution in [0.4, 0.5) is 0 Å². The summed E-state index contributed by atoms with van der Waals surface area (Å²) in [5.74, 6) is -4.31. The van der Waals surface area contributed by atoms with Gasteiger partial charge in [0.2, 0.25) is 0 Å². The van der Waals surface area contributed by atoms with E-state index in [1.807, 2.05) is 33.9 Å². The first-order valence-electron chi connectivity index (χ1n) is 16.7. The average Bonchev–Trinajstić information content (AvgIpc) is 2.95. The lowest BCUT2D eigenvalue weighted by molar-refractivity contribution is -0.278. The molecule has 2 fully saturated rings. The van der Waals surface area contributed by atoms with E-state index in [2.05, 4.69) is 0 Å². The fourth-order valence-electron chi connectivity index (χ4n) is 5.18. The molecule has 2 aliphatic heterocycles. The molecule has 0 spiro atoms. The summed E-state index contributed by atoms with van der Waals surface area (Å²) in [6.45, 7) is 20.0. The van der Waals surface area contributed by atoms with E-state index in [0.29, 0.717) is 0 Å². The zero-order valence-corrected chi connectivity index (χ0v) is 33.5. The maximum absolute atomic E-state index is 12.8. The number of rotatable bonds is 14. The predicted octanol–water partition coefficient (Wildman–Crippen LogP) is 3.21. The molecule has 0 bridgehead atoms. The Hall–Kier alpha value is -2.77. The Kier molecular flexibility index (Phi) is 16.4. The van der Waals surface area contributed by atoms with Crippen LogP contribution in [-0.4, -0.2) is 123 Å². The van der Waals surface area contributed by atoms with Crippen molar-refractivity contribution in [1.82, 2.24) is 0 Å². The number of hydrogen-bond donors (Lipinski definition) is 0. The molecule has 0 unspecified atom stereocenters. The molecule has 2 heterocycles. The van der Waals surface area contributed by atoms with E-state index in [1.54, 1.807) is 13.8 Å². The number of hydrogen-bond acceptors (Lipinski definition) is 17. The van der Waals surface area contributed by atoms with Crippen LogP contribution in [0.15, 0.2) is 0 Å². The molecule has 0 aromatic heterocycles. The number of esters is 6. The Balaban J connectivity index is 2.81. The number of carbonyl (C=O) groups excluding carboxylic acids is 6. The highest BCUT2D eigenvalue weighted by atomic mass is 32.2. The lowest BCUT2D eigenvalue weighted by atomic mass is 9.99. The highest BCUT2D eigenvalue weighted by Gasteiger charge is 2.58. The summed E-state index contributed by atoms with van der Waals surface area (Å²) < 4.78 is 59.3. The summed E-state index contributed by atoms with van der Waals surface area (Å²) in [5.41, 5.74) is -1.27. The molecule has 0 N–H and O–H groups in total. The monoisotopic (exact) mass is 766 g/mol. The third-order valence-electron chi connectivity index (χ3n) is 8.23. The van der Waals surface area contributed by atoms with Gasteiger partial charge in [-0.05, 0) is 32.0 Å². The molecule has 2 rings (SSSR count). The van der Waals surface area contributed by atoms with Crippen LogP contribution >= 0.6 is 11.8 Å². The van der Waals surface area contributed by atoms with Gasteiger partial charge in [-0.3, -0.25) is 28.8 Å². The van der Waals surface area contributed by atoms with E-state index in [4.69, 9.17) is 47.1 Å². The summed E-state index contributed by atoms with van der Waals surface area (Å²) in [5, 5.41) is -1.27. The largest absolute Gasteiger partial charge is 0.463 e. The zero-order valence-electron chi connectivity index (χ0n) is 31.7. The standard InChI is InChI=1S/C33H54O16SSi/c1-16(2)42-31-28(49-51(12,13)33(9,10)11)27(45-21(7)38)30(24(47-31)15-41-18(4)35)50-32-29(46-22(8)39)26(44-20(6)37)25(43-19(5)36)23(48-32)14-40-17(3)34/h16,23-32H,14-15H2,1-13H3/t23-,24-,25-,26+,27-,28-,29-,30-,31+,32+/m1/s1. The Morgan fingerprint density at radius 2 is 1.08 bits per heavy atom. The summed E-state index contributed by atoms with van der Waals surface area (Å²) in [7, 11) is -2.64. The lowest BCUT2D eigenvalue weighted by Crippen LogP contribution is -2.65. The molecule has 18 heteroatoms. The molecule has 0 amide bonds. The molecule has 0 radical (unpaired) electrons. The Labute approximate surface area is 304 Å². The van der Waals surface area contributed by atoms with Gasteiger partial charge in [0, 0.05) is 41.5 Å². The molecule has 16 nitrogen and oxygen atoms in total. The van der Waals surface area contributed by atoms with Crippen LogP contribution in [0.25, 0.3) is 0 Å². The van der Waals surface area contributed by atoms with Gasteiger partial charge in [-0.15, -0.1) is 11.8 Å². The third kappa shape index (κ3) is 13.3. The second kappa shape index (κ2) is 18.8. The molecule has 292 valence electrons. The van der Waals surface area contributed by atoms with Gasteiger partial charge in [-0.2, -0.15) is 0 Å². The smallest absolute Gasteiger partial charge is 0.303 e. The highest BCUT2D eigenvalue weighted by Crippen LogP contribution is 2.45. The molecule has 0 saturated carbocycles. The van der Waals surface area contributed by atoms with Gasteiger partial charge in [0.25, 0.3) is 0 Å². The topological polar surface area (TPSA) is 195 Å². The SMILES string of the molecule is CC(=O)OC[C@H]1O[C@@H](S[C@H]2[C@H](OC(C)=O)[C@@H](O[Si](C)(C)C(C)(C)C)[C@@H](OC(C)C)O[C@@H]2COC(C)=O)[C@H](OC(C)=O)[C@@H](OC(C)=O)[C@@H]1OC(C)=O. The quantitative estimate of drug-likeness (QED) is 0.142. The fraction of sp³-hybridized carbons (Fsp3) is 0.818. The summed E-state index contributed by atoms with van der Waals surface area (Å²) in [6, 6.07) is 0. The Morgan fingerprint density at radius 1 is 0.627 bits per heavy atom. The summed E-state index contributed by atoms with van der Waals surface area (Å²) in [6.07, 6.45) is -10.1. The lowest BCUT2D eigenvalue weighted by Gasteiger charge is -2.51. The average molecular weight is 767 g/mol. The van der Waals surface area contributed by atoms with E-state index in [9.17, 15) is 28.8 Å². The minimum atomic E-state index is -2.64. The highest BCUT2D eigenvalue weighted by molar-refractivity contribution is 8.00. The zero-order chi connectivity index (χ0) is 39.0. The first-order chi connectivity index (χ1) is 23.4. The van der Waals surface area contributed by atoms with Gasteiger partial charge in [0.05, 0.1) is 11.4 Å². The van der Waals surface area contributed by atoms with Crippen molar-refractivity contribution in [3.8, 4) is 0 Å². The van der Waals surface area contributed by atoms with Crippen LogP contribution in [0, 0.1) is 0 Å². The molecule has 51 heavy (non-hydrogen) atoms. The molecule has 2 aliphatic rings. The van der Waals surface area contributed by atoms with Gasteiger partial charge in [-0.25, -0.2) is 0 Å². The number of ether oxygens (including phenoxy) is 9. The second-order valence-corrected chi connectivity index (χ2v) is 20.2. The molecule has 0 aromatic carbocycles. The maximum Gasteiger partial charge on any atom is 0.303 e. The summed E-state index contributed by atoms with van der Waals surface area (Å²) in [4.78, 5) is 73.8. The number of thioether (sulfide) groups is 1. The fourth-order valence-corrected chi connectivity index (χ4v) is 8.02. The number of carbonyl (C=O) groups is 6. The van der Waals surface area contributed by atoms with Crippen molar-refractivity contribution in [1.29, 1.82) is 0 Å². The van der Waals surface area contributed by atoms with Crippen LogP contribution in [0.1, 0.15) is 76.2 Å². The van der Waals surface area contributed by atoms with Crippen LogP contribution in [0.3, 0.4) is 0 Å². The second-order valence-electron chi connectivity index (χ2n) is 14.1. The van der Waals surface area contributed by atoms with Crippen molar-refractivity contribution in [2.24, 2.45) is 0 Å².